The van der Waals surface area contributed by atoms with E-state index >= 15 is 0 Å². The van der Waals surface area contributed by atoms with E-state index < -0.39 is 0 Å². The van der Waals surface area contributed by atoms with E-state index in [0.29, 0.717) is 16.5 Å². The molecule has 0 aliphatic carbocycles. The Balaban J connectivity index is 2.56. The molecule has 0 saturated carbocycles. The number of aromatic nitrogens is 4. The fraction of sp³-hybridized carbons (Fsp3) is 0.182. The van der Waals surface area contributed by atoms with Crippen molar-refractivity contribution in [2.45, 2.75) is 10.8 Å². The Morgan fingerprint density at radius 1 is 1.39 bits per heavy atom. The summed E-state index contributed by atoms with van der Waals surface area (Å²) in [5.74, 6) is 1.22. The average molecular weight is 374 g/mol. The number of fused-ring (bicyclic) bond motifs is 3. The second-order valence-corrected chi connectivity index (χ2v) is 6.27. The Morgan fingerprint density at radius 3 is 2.89 bits per heavy atom. The summed E-state index contributed by atoms with van der Waals surface area (Å²) in [5, 5.41) is 8.92. The number of nitrogens with two attached hydrogens (primary N) is 1. The highest BCUT2D eigenvalue weighted by atomic mass is 127. The summed E-state index contributed by atoms with van der Waals surface area (Å²) < 4.78 is 2.13. The van der Waals surface area contributed by atoms with Gasteiger partial charge in [-0.1, -0.05) is 34.2 Å². The zero-order valence-corrected chi connectivity index (χ0v) is 12.3. The van der Waals surface area contributed by atoms with Gasteiger partial charge < -0.3 is 5.73 Å². The molecule has 0 aliphatic heterocycles. The number of benzene rings is 1. The Kier molecular flexibility index (Phi) is 2.78. The average Bonchev–Trinajstić information content (AvgIpc) is 2.76. The Bertz CT molecular complexity index is 752. The van der Waals surface area contributed by atoms with Gasteiger partial charge in [0.2, 0.25) is 5.65 Å². The number of nitrogens with zero attached hydrogens (tertiary/aromatic N) is 4. The smallest absolute Gasteiger partial charge is 0.204 e. The van der Waals surface area contributed by atoms with E-state index in [9.17, 15) is 0 Å². The van der Waals surface area contributed by atoms with Gasteiger partial charge in [0.1, 0.15) is 0 Å². The fourth-order valence-corrected chi connectivity index (χ4v) is 2.48. The normalized spacial score (nSPS) is 13.3. The van der Waals surface area contributed by atoms with Crippen LogP contribution in [0.2, 0.25) is 5.02 Å². The molecule has 0 saturated heterocycles. The van der Waals surface area contributed by atoms with Gasteiger partial charge >= 0.3 is 0 Å². The summed E-state index contributed by atoms with van der Waals surface area (Å²) >= 11 is 8.33. The predicted octanol–water partition coefficient (Wildman–Crippen LogP) is 3.01. The Morgan fingerprint density at radius 2 is 2.17 bits per heavy atom. The molecule has 2 N–H and O–H groups in total. The minimum atomic E-state index is 0.210. The summed E-state index contributed by atoms with van der Waals surface area (Å²) in [4.78, 5) is 4.31. The maximum Gasteiger partial charge on any atom is 0.204 e. The molecule has 0 bridgehead atoms. The number of hydrogen-bond donors (Lipinski definition) is 1. The van der Waals surface area contributed by atoms with E-state index in [1.807, 2.05) is 23.5 Å². The largest absolute Gasteiger partial charge is 0.381 e. The monoisotopic (exact) mass is 373 g/mol. The summed E-state index contributed by atoms with van der Waals surface area (Å²) in [7, 11) is 0. The molecular weight excluding hydrogens is 365 g/mol. The molecular formula is C11H9ClIN5. The van der Waals surface area contributed by atoms with Crippen molar-refractivity contribution in [1.29, 1.82) is 0 Å². The summed E-state index contributed by atoms with van der Waals surface area (Å²) in [6.45, 7) is 2.05. The highest BCUT2D eigenvalue weighted by Gasteiger charge is 2.16. The third-order valence-corrected chi connectivity index (χ3v) is 3.48. The van der Waals surface area contributed by atoms with E-state index in [1.54, 1.807) is 6.07 Å². The van der Waals surface area contributed by atoms with Gasteiger partial charge in [-0.3, -0.25) is 4.40 Å². The van der Waals surface area contributed by atoms with Gasteiger partial charge in [0.15, 0.2) is 11.6 Å². The lowest BCUT2D eigenvalue weighted by Crippen LogP contribution is -2.02. The quantitative estimate of drug-likeness (QED) is 0.526. The van der Waals surface area contributed by atoms with Gasteiger partial charge in [-0.2, -0.15) is 0 Å². The van der Waals surface area contributed by atoms with Crippen LogP contribution in [0, 0.1) is 0 Å². The van der Waals surface area contributed by atoms with Crippen LogP contribution in [0.15, 0.2) is 18.2 Å². The molecule has 2 aromatic heterocycles. The molecule has 1 aromatic carbocycles. The Hall–Kier alpha value is -1.15. The molecule has 2 heterocycles. The van der Waals surface area contributed by atoms with Crippen LogP contribution in [-0.4, -0.2) is 19.6 Å². The number of nitrogen functional groups attached to an aromatic ring is 1. The predicted molar refractivity (Wildman–Crippen MR) is 80.1 cm³/mol. The van der Waals surface area contributed by atoms with Crippen molar-refractivity contribution >= 4 is 56.7 Å². The molecule has 0 amide bonds. The molecule has 18 heavy (non-hydrogen) atoms. The second-order valence-electron chi connectivity index (χ2n) is 3.96. The van der Waals surface area contributed by atoms with E-state index in [0.717, 1.165) is 16.9 Å². The topological polar surface area (TPSA) is 69.1 Å². The van der Waals surface area contributed by atoms with Gasteiger partial charge in [-0.25, -0.2) is 4.98 Å². The lowest BCUT2D eigenvalue weighted by molar-refractivity contribution is 0.926. The molecule has 0 aliphatic rings. The highest BCUT2D eigenvalue weighted by molar-refractivity contribution is 14.1. The van der Waals surface area contributed by atoms with Crippen LogP contribution < -0.4 is 5.73 Å². The number of hydrogen-bond acceptors (Lipinski definition) is 4. The molecule has 3 aromatic rings. The summed E-state index contributed by atoms with van der Waals surface area (Å²) in [6, 6.07) is 5.48. The number of rotatable bonds is 1. The first-order valence-corrected chi connectivity index (χ1v) is 6.94. The van der Waals surface area contributed by atoms with Crippen molar-refractivity contribution in [1.82, 2.24) is 19.6 Å². The Labute approximate surface area is 121 Å². The van der Waals surface area contributed by atoms with Crippen molar-refractivity contribution in [2.75, 3.05) is 5.73 Å². The summed E-state index contributed by atoms with van der Waals surface area (Å²) in [6.07, 6.45) is 0. The van der Waals surface area contributed by atoms with Crippen LogP contribution in [0.3, 0.4) is 0 Å². The fourth-order valence-electron chi connectivity index (χ4n) is 1.91. The lowest BCUT2D eigenvalue weighted by atomic mass is 10.3. The maximum absolute atomic E-state index is 6.04. The van der Waals surface area contributed by atoms with Gasteiger partial charge in [-0.05, 0) is 25.1 Å². The number of halogens is 2. The first-order valence-electron chi connectivity index (χ1n) is 5.32. The molecule has 1 atom stereocenters. The minimum Gasteiger partial charge on any atom is -0.381 e. The van der Waals surface area contributed by atoms with E-state index in [1.165, 1.54) is 0 Å². The third-order valence-electron chi connectivity index (χ3n) is 2.69. The van der Waals surface area contributed by atoms with Gasteiger partial charge in [0.25, 0.3) is 0 Å². The lowest BCUT2D eigenvalue weighted by Gasteiger charge is -2.07. The molecule has 0 radical (unpaired) electrons. The standard InChI is InChI=1S/C11H9ClIN5/c1-5(13)10-16-17-11-9(14)15-7-3-2-6(12)4-8(7)18(10)11/h2-5H,1H3,(H2,14,15). The van der Waals surface area contributed by atoms with Crippen LogP contribution in [0.4, 0.5) is 5.82 Å². The first kappa shape index (κ1) is 11.9. The summed E-state index contributed by atoms with van der Waals surface area (Å²) in [5.41, 5.74) is 8.13. The van der Waals surface area contributed by atoms with Crippen molar-refractivity contribution in [2.24, 2.45) is 0 Å². The van der Waals surface area contributed by atoms with Gasteiger partial charge in [-0.15, -0.1) is 10.2 Å². The number of alkyl halides is 1. The van der Waals surface area contributed by atoms with Crippen molar-refractivity contribution in [3.8, 4) is 0 Å². The molecule has 1 unspecified atom stereocenters. The molecule has 5 nitrogen and oxygen atoms in total. The van der Waals surface area contributed by atoms with Crippen LogP contribution in [0.5, 0.6) is 0 Å². The second kappa shape index (κ2) is 4.20. The zero-order chi connectivity index (χ0) is 12.9. The van der Waals surface area contributed by atoms with Crippen molar-refractivity contribution < 1.29 is 0 Å². The van der Waals surface area contributed by atoms with Crippen molar-refractivity contribution in [3.05, 3.63) is 29.0 Å². The molecule has 7 heteroatoms. The molecule has 0 spiro atoms. The van der Waals surface area contributed by atoms with E-state index in [-0.39, 0.29) is 3.92 Å². The minimum absolute atomic E-state index is 0.210. The van der Waals surface area contributed by atoms with E-state index in [4.69, 9.17) is 17.3 Å². The van der Waals surface area contributed by atoms with Crippen LogP contribution in [0.25, 0.3) is 16.7 Å². The third kappa shape index (κ3) is 1.71. The van der Waals surface area contributed by atoms with Gasteiger partial charge in [0, 0.05) is 5.02 Å². The SMILES string of the molecule is CC(I)c1nnc2c(N)nc3ccc(Cl)cc3n12. The highest BCUT2D eigenvalue weighted by Crippen LogP contribution is 2.27. The van der Waals surface area contributed by atoms with Crippen LogP contribution in [0.1, 0.15) is 16.7 Å². The maximum atomic E-state index is 6.04. The van der Waals surface area contributed by atoms with Crippen LogP contribution >= 0.6 is 34.2 Å². The van der Waals surface area contributed by atoms with Crippen LogP contribution in [-0.2, 0) is 0 Å². The van der Waals surface area contributed by atoms with Gasteiger partial charge in [0.05, 0.1) is 15.0 Å². The van der Waals surface area contributed by atoms with E-state index in [2.05, 4.69) is 37.8 Å². The molecule has 0 fully saturated rings. The van der Waals surface area contributed by atoms with Crippen molar-refractivity contribution in [3.63, 3.8) is 0 Å². The molecule has 3 rings (SSSR count). The zero-order valence-electron chi connectivity index (χ0n) is 9.43. The number of anilines is 1. The molecule has 92 valence electrons. The first-order chi connectivity index (χ1) is 8.58.